The summed E-state index contributed by atoms with van der Waals surface area (Å²) in [5.41, 5.74) is 0. The predicted molar refractivity (Wildman–Crippen MR) is 51.4 cm³/mol. The molecule has 1 aliphatic heterocycles. The highest BCUT2D eigenvalue weighted by atomic mass is 16.1. The molecule has 1 aliphatic carbocycles. The van der Waals surface area contributed by atoms with Crippen LogP contribution in [0.5, 0.6) is 0 Å². The van der Waals surface area contributed by atoms with Gasteiger partial charge in [0.2, 0.25) is 5.91 Å². The highest BCUT2D eigenvalue weighted by Gasteiger charge is 2.22. The molecule has 2 aliphatic rings. The van der Waals surface area contributed by atoms with Gasteiger partial charge in [-0.2, -0.15) is 0 Å². The Bertz CT molecular complexity index is 183. The van der Waals surface area contributed by atoms with Gasteiger partial charge < -0.3 is 10.6 Å². The van der Waals surface area contributed by atoms with E-state index in [-0.39, 0.29) is 5.91 Å². The van der Waals surface area contributed by atoms with Crippen molar-refractivity contribution >= 4 is 5.91 Å². The van der Waals surface area contributed by atoms with Gasteiger partial charge in [0, 0.05) is 12.5 Å². The smallest absolute Gasteiger partial charge is 0.220 e. The SMILES string of the molecule is O=C(CC1CNC1)NC1CCCC1. The maximum Gasteiger partial charge on any atom is 0.220 e. The number of carbonyl (C=O) groups excluding carboxylic acids is 1. The van der Waals surface area contributed by atoms with E-state index < -0.39 is 0 Å². The van der Waals surface area contributed by atoms with Crippen LogP contribution in [-0.4, -0.2) is 25.0 Å². The molecule has 0 aromatic heterocycles. The third kappa shape index (κ3) is 2.44. The first-order valence-corrected chi connectivity index (χ1v) is 5.34. The predicted octanol–water partition coefficient (Wildman–Crippen LogP) is 0.655. The lowest BCUT2D eigenvalue weighted by Crippen LogP contribution is -2.45. The van der Waals surface area contributed by atoms with Crippen molar-refractivity contribution in [2.45, 2.75) is 38.1 Å². The molecular weight excluding hydrogens is 164 g/mol. The normalized spacial score (nSPS) is 24.3. The van der Waals surface area contributed by atoms with Gasteiger partial charge in [0.25, 0.3) is 0 Å². The zero-order valence-corrected chi connectivity index (χ0v) is 8.01. The molecule has 3 heteroatoms. The summed E-state index contributed by atoms with van der Waals surface area (Å²) in [4.78, 5) is 11.5. The van der Waals surface area contributed by atoms with Gasteiger partial charge in [0.15, 0.2) is 0 Å². The van der Waals surface area contributed by atoms with Gasteiger partial charge in [-0.3, -0.25) is 4.79 Å². The van der Waals surface area contributed by atoms with Gasteiger partial charge in [-0.05, 0) is 31.8 Å². The Morgan fingerprint density at radius 3 is 2.54 bits per heavy atom. The number of hydrogen-bond donors (Lipinski definition) is 2. The lowest BCUT2D eigenvalue weighted by atomic mass is 9.99. The molecule has 74 valence electrons. The summed E-state index contributed by atoms with van der Waals surface area (Å²) in [7, 11) is 0. The van der Waals surface area contributed by atoms with Gasteiger partial charge in [0.05, 0.1) is 0 Å². The van der Waals surface area contributed by atoms with Crippen LogP contribution >= 0.6 is 0 Å². The van der Waals surface area contributed by atoms with Crippen LogP contribution in [0.2, 0.25) is 0 Å². The van der Waals surface area contributed by atoms with Gasteiger partial charge in [-0.1, -0.05) is 12.8 Å². The first-order chi connectivity index (χ1) is 6.34. The van der Waals surface area contributed by atoms with Gasteiger partial charge >= 0.3 is 0 Å². The Labute approximate surface area is 79.3 Å². The van der Waals surface area contributed by atoms with Crippen LogP contribution in [0.25, 0.3) is 0 Å². The third-order valence-electron chi connectivity index (χ3n) is 3.06. The maximum atomic E-state index is 11.5. The summed E-state index contributed by atoms with van der Waals surface area (Å²) in [5, 5.41) is 6.29. The van der Waals surface area contributed by atoms with E-state index in [1.54, 1.807) is 0 Å². The highest BCUT2D eigenvalue weighted by molar-refractivity contribution is 5.76. The highest BCUT2D eigenvalue weighted by Crippen LogP contribution is 2.18. The molecule has 2 rings (SSSR count). The lowest BCUT2D eigenvalue weighted by molar-refractivity contribution is -0.123. The van der Waals surface area contributed by atoms with E-state index in [9.17, 15) is 4.79 Å². The molecule has 0 unspecified atom stereocenters. The van der Waals surface area contributed by atoms with E-state index in [1.807, 2.05) is 0 Å². The molecule has 2 fully saturated rings. The summed E-state index contributed by atoms with van der Waals surface area (Å²) >= 11 is 0. The number of amides is 1. The fraction of sp³-hybridized carbons (Fsp3) is 0.900. The van der Waals surface area contributed by atoms with Crippen molar-refractivity contribution in [1.82, 2.24) is 10.6 Å². The molecule has 0 atom stereocenters. The van der Waals surface area contributed by atoms with Crippen LogP contribution in [0.3, 0.4) is 0 Å². The number of rotatable bonds is 3. The minimum Gasteiger partial charge on any atom is -0.353 e. The molecule has 0 spiro atoms. The molecular formula is C10H18N2O. The number of nitrogens with one attached hydrogen (secondary N) is 2. The van der Waals surface area contributed by atoms with Crippen LogP contribution in [0.4, 0.5) is 0 Å². The van der Waals surface area contributed by atoms with Crippen molar-refractivity contribution in [2.75, 3.05) is 13.1 Å². The van der Waals surface area contributed by atoms with E-state index in [4.69, 9.17) is 0 Å². The Morgan fingerprint density at radius 1 is 1.31 bits per heavy atom. The quantitative estimate of drug-likeness (QED) is 0.673. The lowest BCUT2D eigenvalue weighted by Gasteiger charge is -2.26. The largest absolute Gasteiger partial charge is 0.353 e. The summed E-state index contributed by atoms with van der Waals surface area (Å²) in [6.07, 6.45) is 5.68. The minimum absolute atomic E-state index is 0.262. The second-order valence-electron chi connectivity index (χ2n) is 4.28. The summed E-state index contributed by atoms with van der Waals surface area (Å²) in [6.45, 7) is 2.05. The molecule has 1 saturated heterocycles. The summed E-state index contributed by atoms with van der Waals surface area (Å²) in [6, 6.07) is 0.487. The monoisotopic (exact) mass is 182 g/mol. The van der Waals surface area contributed by atoms with Crippen LogP contribution in [0, 0.1) is 5.92 Å². The average molecular weight is 182 g/mol. The molecule has 13 heavy (non-hydrogen) atoms. The van der Waals surface area contributed by atoms with Crippen molar-refractivity contribution in [3.8, 4) is 0 Å². The van der Waals surface area contributed by atoms with E-state index in [2.05, 4.69) is 10.6 Å². The molecule has 1 saturated carbocycles. The van der Waals surface area contributed by atoms with E-state index in [1.165, 1.54) is 25.7 Å². The average Bonchev–Trinajstić information content (AvgIpc) is 2.49. The van der Waals surface area contributed by atoms with Crippen molar-refractivity contribution < 1.29 is 4.79 Å². The first kappa shape index (κ1) is 9.00. The Balaban J connectivity index is 1.64. The fourth-order valence-electron chi connectivity index (χ4n) is 2.11. The molecule has 2 N–H and O–H groups in total. The minimum atomic E-state index is 0.262. The fourth-order valence-corrected chi connectivity index (χ4v) is 2.11. The van der Waals surface area contributed by atoms with Crippen LogP contribution in [-0.2, 0) is 4.79 Å². The van der Waals surface area contributed by atoms with Crippen molar-refractivity contribution in [3.63, 3.8) is 0 Å². The standard InChI is InChI=1S/C10H18N2O/c13-10(5-8-6-11-7-8)12-9-3-1-2-4-9/h8-9,11H,1-7H2,(H,12,13). The Hall–Kier alpha value is -0.570. The van der Waals surface area contributed by atoms with Crippen LogP contribution in [0.15, 0.2) is 0 Å². The van der Waals surface area contributed by atoms with Crippen molar-refractivity contribution in [1.29, 1.82) is 0 Å². The molecule has 0 aromatic rings. The summed E-state index contributed by atoms with van der Waals surface area (Å²) < 4.78 is 0. The van der Waals surface area contributed by atoms with Crippen molar-refractivity contribution in [3.05, 3.63) is 0 Å². The van der Waals surface area contributed by atoms with E-state index >= 15 is 0 Å². The van der Waals surface area contributed by atoms with Crippen LogP contribution < -0.4 is 10.6 Å². The third-order valence-corrected chi connectivity index (χ3v) is 3.06. The number of hydrogen-bond acceptors (Lipinski definition) is 2. The second-order valence-corrected chi connectivity index (χ2v) is 4.28. The zero-order valence-electron chi connectivity index (χ0n) is 8.01. The first-order valence-electron chi connectivity index (χ1n) is 5.34. The molecule has 1 heterocycles. The molecule has 0 bridgehead atoms. The molecule has 1 amide bonds. The van der Waals surface area contributed by atoms with Crippen LogP contribution in [0.1, 0.15) is 32.1 Å². The topological polar surface area (TPSA) is 41.1 Å². The molecule has 3 nitrogen and oxygen atoms in total. The van der Waals surface area contributed by atoms with Crippen molar-refractivity contribution in [2.24, 2.45) is 5.92 Å². The van der Waals surface area contributed by atoms with Gasteiger partial charge in [-0.25, -0.2) is 0 Å². The van der Waals surface area contributed by atoms with Gasteiger partial charge in [-0.15, -0.1) is 0 Å². The summed E-state index contributed by atoms with van der Waals surface area (Å²) in [5.74, 6) is 0.861. The second kappa shape index (κ2) is 4.09. The van der Waals surface area contributed by atoms with Gasteiger partial charge in [0.1, 0.15) is 0 Å². The Kier molecular flexibility index (Phi) is 2.83. The zero-order chi connectivity index (χ0) is 9.10. The number of carbonyl (C=O) groups is 1. The van der Waals surface area contributed by atoms with E-state index in [0.29, 0.717) is 12.0 Å². The van der Waals surface area contributed by atoms with E-state index in [0.717, 1.165) is 19.5 Å². The maximum absolute atomic E-state index is 11.5. The molecule has 0 radical (unpaired) electrons. The molecule has 0 aromatic carbocycles. The Morgan fingerprint density at radius 2 is 2.00 bits per heavy atom.